The fraction of sp³-hybridized carbons (Fsp3) is 0.250. The maximum atomic E-state index is 12.1. The van der Waals surface area contributed by atoms with Crippen LogP contribution in [-0.4, -0.2) is 22.4 Å². The number of esters is 1. The summed E-state index contributed by atoms with van der Waals surface area (Å²) in [6.07, 6.45) is 1.14. The van der Waals surface area contributed by atoms with E-state index in [-0.39, 0.29) is 30.1 Å². The van der Waals surface area contributed by atoms with E-state index in [4.69, 9.17) is 9.57 Å². The Balaban J connectivity index is 2.31. The average molecular weight is 303 g/mol. The van der Waals surface area contributed by atoms with Gasteiger partial charge in [-0.1, -0.05) is 30.3 Å². The van der Waals surface area contributed by atoms with E-state index < -0.39 is 11.5 Å². The molecule has 0 saturated carbocycles. The van der Waals surface area contributed by atoms with Gasteiger partial charge in [-0.2, -0.15) is 4.73 Å². The van der Waals surface area contributed by atoms with Crippen molar-refractivity contribution >= 4 is 5.97 Å². The molecule has 0 unspecified atom stereocenters. The molecular formula is C16H17NO5. The van der Waals surface area contributed by atoms with Crippen LogP contribution in [0.4, 0.5) is 0 Å². The van der Waals surface area contributed by atoms with Gasteiger partial charge in [0, 0.05) is 0 Å². The fourth-order valence-corrected chi connectivity index (χ4v) is 1.88. The predicted octanol–water partition coefficient (Wildman–Crippen LogP) is 1.67. The van der Waals surface area contributed by atoms with Crippen LogP contribution in [0.1, 0.15) is 28.4 Å². The number of hydrogen-bond donors (Lipinski definition) is 1. The number of aromatic hydroxyl groups is 1. The number of nitrogens with zero attached hydrogens (tertiary/aromatic N) is 1. The molecule has 1 heterocycles. The third-order valence-corrected chi connectivity index (χ3v) is 3.09. The van der Waals surface area contributed by atoms with E-state index in [1.165, 1.54) is 6.92 Å². The summed E-state index contributed by atoms with van der Waals surface area (Å²) in [7, 11) is 0. The molecule has 1 aromatic carbocycles. The summed E-state index contributed by atoms with van der Waals surface area (Å²) in [5.74, 6) is -1.09. The topological polar surface area (TPSA) is 77.8 Å². The lowest BCUT2D eigenvalue weighted by atomic mass is 10.2. The first-order valence-electron chi connectivity index (χ1n) is 6.84. The normalized spacial score (nSPS) is 10.3. The molecule has 0 saturated heterocycles. The highest BCUT2D eigenvalue weighted by atomic mass is 16.7. The number of ether oxygens (including phenoxy) is 1. The lowest BCUT2D eigenvalue weighted by Crippen LogP contribution is -2.29. The van der Waals surface area contributed by atoms with E-state index in [2.05, 4.69) is 0 Å². The van der Waals surface area contributed by atoms with Gasteiger partial charge >= 0.3 is 5.97 Å². The quantitative estimate of drug-likeness (QED) is 0.850. The van der Waals surface area contributed by atoms with E-state index in [0.717, 1.165) is 16.5 Å². The minimum Gasteiger partial charge on any atom is -0.506 e. The number of carbonyl (C=O) groups is 1. The molecule has 1 N–H and O–H groups in total. The monoisotopic (exact) mass is 303 g/mol. The highest BCUT2D eigenvalue weighted by molar-refractivity contribution is 5.92. The second kappa shape index (κ2) is 6.80. The third-order valence-electron chi connectivity index (χ3n) is 3.09. The second-order valence-corrected chi connectivity index (χ2v) is 4.63. The summed E-state index contributed by atoms with van der Waals surface area (Å²) < 4.78 is 5.79. The highest BCUT2D eigenvalue weighted by Gasteiger charge is 2.19. The van der Waals surface area contributed by atoms with Gasteiger partial charge in [-0.15, -0.1) is 0 Å². The third kappa shape index (κ3) is 3.28. The van der Waals surface area contributed by atoms with Crippen LogP contribution in [0, 0.1) is 6.92 Å². The molecule has 0 aliphatic carbocycles. The SMILES string of the molecule is CCOC(=O)c1cn(OCc2ccccc2)c(=O)c(C)c1O. The minimum atomic E-state index is -0.708. The van der Waals surface area contributed by atoms with Crippen LogP contribution in [0.5, 0.6) is 5.75 Å². The summed E-state index contributed by atoms with van der Waals surface area (Å²) in [5.41, 5.74) is 0.268. The minimum absolute atomic E-state index is 0.0265. The van der Waals surface area contributed by atoms with Crippen LogP contribution in [0.2, 0.25) is 0 Å². The Hall–Kier alpha value is -2.76. The highest BCUT2D eigenvalue weighted by Crippen LogP contribution is 2.19. The van der Waals surface area contributed by atoms with Crippen molar-refractivity contribution in [1.29, 1.82) is 0 Å². The van der Waals surface area contributed by atoms with Crippen molar-refractivity contribution in [3.8, 4) is 5.75 Å². The molecular weight excluding hydrogens is 286 g/mol. The van der Waals surface area contributed by atoms with Crippen molar-refractivity contribution in [2.45, 2.75) is 20.5 Å². The summed E-state index contributed by atoms with van der Waals surface area (Å²) in [4.78, 5) is 29.3. The van der Waals surface area contributed by atoms with Crippen LogP contribution in [0.25, 0.3) is 0 Å². The zero-order valence-corrected chi connectivity index (χ0v) is 12.4. The maximum absolute atomic E-state index is 12.1. The summed E-state index contributed by atoms with van der Waals surface area (Å²) in [5, 5.41) is 9.92. The Bertz CT molecular complexity index is 721. The molecule has 0 aliphatic heterocycles. The standard InChI is InChI=1S/C16H17NO5/c1-3-21-16(20)13-9-17(15(19)11(2)14(13)18)22-10-12-7-5-4-6-8-12/h4-9,18H,3,10H2,1-2H3. The molecule has 0 aliphatic rings. The molecule has 0 fully saturated rings. The molecule has 0 spiro atoms. The van der Waals surface area contributed by atoms with Crippen LogP contribution in [0.15, 0.2) is 41.3 Å². The van der Waals surface area contributed by atoms with Gasteiger partial charge in [0.05, 0.1) is 18.4 Å². The van der Waals surface area contributed by atoms with Gasteiger partial charge in [-0.05, 0) is 19.4 Å². The van der Waals surface area contributed by atoms with Gasteiger partial charge in [-0.25, -0.2) is 4.79 Å². The maximum Gasteiger partial charge on any atom is 0.343 e. The zero-order chi connectivity index (χ0) is 16.1. The number of hydrogen-bond acceptors (Lipinski definition) is 5. The summed E-state index contributed by atoms with van der Waals surface area (Å²) in [6, 6.07) is 9.29. The number of carbonyl (C=O) groups excluding carboxylic acids is 1. The van der Waals surface area contributed by atoms with E-state index in [9.17, 15) is 14.7 Å². The van der Waals surface area contributed by atoms with Crippen molar-refractivity contribution in [1.82, 2.24) is 4.73 Å². The Labute approximate surface area is 127 Å². The first kappa shape index (κ1) is 15.6. The van der Waals surface area contributed by atoms with E-state index in [1.807, 2.05) is 30.3 Å². The Kier molecular flexibility index (Phi) is 4.83. The smallest absolute Gasteiger partial charge is 0.343 e. The van der Waals surface area contributed by atoms with Crippen molar-refractivity contribution < 1.29 is 19.5 Å². The molecule has 6 heteroatoms. The van der Waals surface area contributed by atoms with Gasteiger partial charge in [0.1, 0.15) is 17.9 Å². The van der Waals surface area contributed by atoms with Crippen LogP contribution >= 0.6 is 0 Å². The summed E-state index contributed by atoms with van der Waals surface area (Å²) >= 11 is 0. The number of pyridine rings is 1. The molecule has 2 aromatic rings. The molecule has 116 valence electrons. The van der Waals surface area contributed by atoms with Gasteiger partial charge in [-0.3, -0.25) is 4.79 Å². The Morgan fingerprint density at radius 3 is 2.59 bits per heavy atom. The van der Waals surface area contributed by atoms with Gasteiger partial charge in [0.2, 0.25) is 0 Å². The van der Waals surface area contributed by atoms with Crippen LogP contribution in [-0.2, 0) is 11.3 Å². The Morgan fingerprint density at radius 2 is 1.95 bits per heavy atom. The van der Waals surface area contributed by atoms with Crippen molar-refractivity contribution in [2.75, 3.05) is 6.61 Å². The molecule has 6 nitrogen and oxygen atoms in total. The van der Waals surface area contributed by atoms with E-state index in [1.54, 1.807) is 6.92 Å². The van der Waals surface area contributed by atoms with Crippen LogP contribution < -0.4 is 10.4 Å². The first-order valence-corrected chi connectivity index (χ1v) is 6.84. The molecule has 0 amide bonds. The molecule has 0 atom stereocenters. The van der Waals surface area contributed by atoms with E-state index in [0.29, 0.717) is 0 Å². The lowest BCUT2D eigenvalue weighted by Gasteiger charge is -2.13. The lowest BCUT2D eigenvalue weighted by molar-refractivity contribution is 0.0507. The average Bonchev–Trinajstić information content (AvgIpc) is 2.53. The largest absolute Gasteiger partial charge is 0.506 e. The molecule has 0 bridgehead atoms. The van der Waals surface area contributed by atoms with Crippen molar-refractivity contribution in [3.63, 3.8) is 0 Å². The Morgan fingerprint density at radius 1 is 1.27 bits per heavy atom. The van der Waals surface area contributed by atoms with E-state index >= 15 is 0 Å². The summed E-state index contributed by atoms with van der Waals surface area (Å²) in [6.45, 7) is 3.40. The molecule has 0 radical (unpaired) electrons. The zero-order valence-electron chi connectivity index (χ0n) is 12.4. The van der Waals surface area contributed by atoms with Crippen molar-refractivity contribution in [3.05, 3.63) is 63.6 Å². The van der Waals surface area contributed by atoms with Crippen LogP contribution in [0.3, 0.4) is 0 Å². The second-order valence-electron chi connectivity index (χ2n) is 4.63. The molecule has 2 rings (SSSR count). The first-order chi connectivity index (χ1) is 10.5. The van der Waals surface area contributed by atoms with Gasteiger partial charge < -0.3 is 14.7 Å². The fourth-order valence-electron chi connectivity index (χ4n) is 1.88. The van der Waals surface area contributed by atoms with Gasteiger partial charge in [0.25, 0.3) is 5.56 Å². The molecule has 1 aromatic heterocycles. The van der Waals surface area contributed by atoms with Gasteiger partial charge in [0.15, 0.2) is 0 Å². The van der Waals surface area contributed by atoms with Crippen molar-refractivity contribution in [2.24, 2.45) is 0 Å². The number of benzene rings is 1. The predicted molar refractivity (Wildman–Crippen MR) is 79.8 cm³/mol. The number of aromatic nitrogens is 1. The number of rotatable bonds is 5. The molecule has 22 heavy (non-hydrogen) atoms.